The molecule has 0 unspecified atom stereocenters. The Labute approximate surface area is 88.0 Å². The fourth-order valence-corrected chi connectivity index (χ4v) is 2.70. The summed E-state index contributed by atoms with van der Waals surface area (Å²) < 4.78 is 0. The van der Waals surface area contributed by atoms with E-state index in [1.165, 1.54) is 21.3 Å². The highest BCUT2D eigenvalue weighted by Gasteiger charge is 2.28. The second-order valence-corrected chi connectivity index (χ2v) is 4.35. The summed E-state index contributed by atoms with van der Waals surface area (Å²) >= 11 is 1.87. The summed E-state index contributed by atoms with van der Waals surface area (Å²) in [5.74, 6) is 0. The van der Waals surface area contributed by atoms with Crippen LogP contribution in [0.25, 0.3) is 0 Å². The molecule has 1 heterocycles. The van der Waals surface area contributed by atoms with Gasteiger partial charge in [0.25, 0.3) is 0 Å². The summed E-state index contributed by atoms with van der Waals surface area (Å²) in [5, 5.41) is 1.40. The summed E-state index contributed by atoms with van der Waals surface area (Å²) in [6.45, 7) is 0. The van der Waals surface area contributed by atoms with Crippen molar-refractivity contribution in [2.45, 2.75) is 4.90 Å². The fourth-order valence-electron chi connectivity index (χ4n) is 1.67. The van der Waals surface area contributed by atoms with Crippen molar-refractivity contribution in [3.8, 4) is 0 Å². The largest absolute Gasteiger partial charge is 0.107 e. The van der Waals surface area contributed by atoms with E-state index < -0.39 is 0 Å². The van der Waals surface area contributed by atoms with Crippen LogP contribution in [0.2, 0.25) is 0 Å². The Morgan fingerprint density at radius 2 is 1.43 bits per heavy atom. The first-order valence-corrected chi connectivity index (χ1v) is 5.46. The number of fused-ring (bicyclic) bond motifs is 1. The molecule has 0 aromatic heterocycles. The Morgan fingerprint density at radius 1 is 0.714 bits per heavy atom. The SMILES string of the molecule is c1ccc([C]2Sc3ccccc32)cc1. The van der Waals surface area contributed by atoms with Crippen molar-refractivity contribution in [2.75, 3.05) is 0 Å². The van der Waals surface area contributed by atoms with Crippen molar-refractivity contribution >= 4 is 11.8 Å². The van der Waals surface area contributed by atoms with Crippen LogP contribution in [0, 0.1) is 5.25 Å². The van der Waals surface area contributed by atoms with E-state index in [0.717, 1.165) is 0 Å². The first kappa shape index (κ1) is 8.13. The van der Waals surface area contributed by atoms with Crippen LogP contribution in [0.3, 0.4) is 0 Å². The minimum absolute atomic E-state index is 1.33. The predicted octanol–water partition coefficient (Wildman–Crippen LogP) is 3.72. The lowest BCUT2D eigenvalue weighted by Gasteiger charge is -2.28. The average molecular weight is 197 g/mol. The molecule has 0 aliphatic carbocycles. The lowest BCUT2D eigenvalue weighted by Crippen LogP contribution is -2.07. The Bertz CT molecular complexity index is 448. The highest BCUT2D eigenvalue weighted by atomic mass is 32.2. The van der Waals surface area contributed by atoms with E-state index in [-0.39, 0.29) is 0 Å². The Hall–Kier alpha value is -1.21. The molecule has 0 fully saturated rings. The summed E-state index contributed by atoms with van der Waals surface area (Å²) in [6, 6.07) is 19.1. The quantitative estimate of drug-likeness (QED) is 0.671. The Morgan fingerprint density at radius 3 is 2.21 bits per heavy atom. The number of thioether (sulfide) groups is 1. The van der Waals surface area contributed by atoms with Gasteiger partial charge in [-0.15, -0.1) is 11.8 Å². The van der Waals surface area contributed by atoms with Gasteiger partial charge in [-0.05, 0) is 17.2 Å². The molecule has 0 amide bonds. The molecule has 2 aromatic rings. The summed E-state index contributed by atoms with van der Waals surface area (Å²) in [6.07, 6.45) is 0. The van der Waals surface area contributed by atoms with Crippen molar-refractivity contribution in [1.29, 1.82) is 0 Å². The molecular formula is C13H9S. The minimum atomic E-state index is 1.33. The first-order chi connectivity index (χ1) is 6.95. The smallest absolute Gasteiger partial charge is 0.0947 e. The molecule has 0 nitrogen and oxygen atoms in total. The van der Waals surface area contributed by atoms with Crippen LogP contribution in [0.1, 0.15) is 11.1 Å². The van der Waals surface area contributed by atoms with Crippen molar-refractivity contribution in [1.82, 2.24) is 0 Å². The monoisotopic (exact) mass is 197 g/mol. The third kappa shape index (κ3) is 1.17. The van der Waals surface area contributed by atoms with Gasteiger partial charge in [-0.3, -0.25) is 0 Å². The van der Waals surface area contributed by atoms with Crippen LogP contribution in [0.5, 0.6) is 0 Å². The lowest BCUT2D eigenvalue weighted by atomic mass is 10.0. The lowest BCUT2D eigenvalue weighted by molar-refractivity contribution is 1.22. The van der Waals surface area contributed by atoms with Crippen LogP contribution in [0.15, 0.2) is 59.5 Å². The molecule has 0 atom stereocenters. The maximum Gasteiger partial charge on any atom is 0.0947 e. The molecule has 1 aliphatic heterocycles. The van der Waals surface area contributed by atoms with Crippen molar-refractivity contribution in [2.24, 2.45) is 0 Å². The zero-order valence-corrected chi connectivity index (χ0v) is 8.42. The minimum Gasteiger partial charge on any atom is -0.107 e. The van der Waals surface area contributed by atoms with E-state index in [1.807, 2.05) is 11.8 Å². The van der Waals surface area contributed by atoms with Crippen LogP contribution in [-0.2, 0) is 0 Å². The van der Waals surface area contributed by atoms with Gasteiger partial charge in [-0.25, -0.2) is 0 Å². The highest BCUT2D eigenvalue weighted by molar-refractivity contribution is 8.04. The van der Waals surface area contributed by atoms with Gasteiger partial charge in [0.15, 0.2) is 0 Å². The van der Waals surface area contributed by atoms with Crippen LogP contribution >= 0.6 is 11.8 Å². The van der Waals surface area contributed by atoms with E-state index >= 15 is 0 Å². The number of rotatable bonds is 1. The molecule has 0 saturated heterocycles. The van der Waals surface area contributed by atoms with E-state index in [4.69, 9.17) is 0 Å². The van der Waals surface area contributed by atoms with Crippen LogP contribution < -0.4 is 0 Å². The average Bonchev–Trinajstić information content (AvgIpc) is 2.22. The van der Waals surface area contributed by atoms with Gasteiger partial charge >= 0.3 is 0 Å². The molecule has 2 aromatic carbocycles. The van der Waals surface area contributed by atoms with E-state index in [1.54, 1.807) is 0 Å². The van der Waals surface area contributed by atoms with Crippen molar-refractivity contribution < 1.29 is 0 Å². The molecule has 0 spiro atoms. The van der Waals surface area contributed by atoms with Gasteiger partial charge in [0.05, 0.1) is 5.25 Å². The van der Waals surface area contributed by atoms with E-state index in [9.17, 15) is 0 Å². The van der Waals surface area contributed by atoms with Gasteiger partial charge in [0.2, 0.25) is 0 Å². The molecule has 3 rings (SSSR count). The number of hydrogen-bond acceptors (Lipinski definition) is 1. The summed E-state index contributed by atoms with van der Waals surface area (Å²) in [4.78, 5) is 1.39. The van der Waals surface area contributed by atoms with Gasteiger partial charge in [0.1, 0.15) is 0 Å². The molecular weight excluding hydrogens is 188 g/mol. The van der Waals surface area contributed by atoms with E-state index in [2.05, 4.69) is 54.6 Å². The molecule has 0 N–H and O–H groups in total. The zero-order valence-electron chi connectivity index (χ0n) is 7.60. The fraction of sp³-hybridized carbons (Fsp3) is 0. The van der Waals surface area contributed by atoms with Gasteiger partial charge < -0.3 is 0 Å². The maximum absolute atomic E-state index is 2.19. The zero-order chi connectivity index (χ0) is 9.38. The van der Waals surface area contributed by atoms with Crippen LogP contribution in [0.4, 0.5) is 0 Å². The second-order valence-electron chi connectivity index (χ2n) is 3.29. The molecule has 14 heavy (non-hydrogen) atoms. The topological polar surface area (TPSA) is 0 Å². The molecule has 1 radical (unpaired) electrons. The summed E-state index contributed by atoms with van der Waals surface area (Å²) in [5.41, 5.74) is 2.72. The summed E-state index contributed by atoms with van der Waals surface area (Å²) in [7, 11) is 0. The van der Waals surface area contributed by atoms with E-state index in [0.29, 0.717) is 0 Å². The Kier molecular flexibility index (Phi) is 1.84. The van der Waals surface area contributed by atoms with Gasteiger partial charge in [-0.1, -0.05) is 48.5 Å². The molecule has 1 aliphatic rings. The standard InChI is InChI=1S/C13H9S/c1-2-6-10(7-3-1)13-11-8-4-5-9-12(11)14-13/h1-9H. The molecule has 0 bridgehead atoms. The predicted molar refractivity (Wildman–Crippen MR) is 60.2 cm³/mol. The normalized spacial score (nSPS) is 14.6. The number of hydrogen-bond donors (Lipinski definition) is 0. The van der Waals surface area contributed by atoms with Gasteiger partial charge in [-0.2, -0.15) is 0 Å². The Balaban J connectivity index is 2.00. The van der Waals surface area contributed by atoms with Crippen molar-refractivity contribution in [3.63, 3.8) is 0 Å². The third-order valence-electron chi connectivity index (χ3n) is 2.38. The van der Waals surface area contributed by atoms with Crippen LogP contribution in [-0.4, -0.2) is 0 Å². The number of benzene rings is 2. The maximum atomic E-state index is 2.19. The molecule has 0 saturated carbocycles. The third-order valence-corrected chi connectivity index (χ3v) is 3.62. The second kappa shape index (κ2) is 3.18. The highest BCUT2D eigenvalue weighted by Crippen LogP contribution is 2.51. The molecule has 1 heteroatoms. The van der Waals surface area contributed by atoms with Gasteiger partial charge in [0, 0.05) is 4.90 Å². The van der Waals surface area contributed by atoms with Crippen molar-refractivity contribution in [3.05, 3.63) is 71.0 Å². The first-order valence-electron chi connectivity index (χ1n) is 4.65. The molecule has 67 valence electrons.